The van der Waals surface area contributed by atoms with Gasteiger partial charge in [-0.15, -0.1) is 0 Å². The van der Waals surface area contributed by atoms with Crippen molar-refractivity contribution in [2.45, 2.75) is 26.2 Å². The molecular weight excluding hydrogens is 220 g/mol. The van der Waals surface area contributed by atoms with E-state index in [1.165, 1.54) is 0 Å². The number of carbonyl (C=O) groups is 2. The number of hydrogen-bond acceptors (Lipinski definition) is 3. The number of likely N-dealkylation sites (N-methyl/N-ethyl adjacent to an activating group) is 1. The molecule has 1 saturated heterocycles. The van der Waals surface area contributed by atoms with E-state index in [0.29, 0.717) is 6.54 Å². The Morgan fingerprint density at radius 2 is 1.94 bits per heavy atom. The zero-order valence-electron chi connectivity index (χ0n) is 10.7. The minimum absolute atomic E-state index is 0.143. The average molecular weight is 242 g/mol. The molecular formula is C12H22N2O3. The molecule has 0 bridgehead atoms. The molecule has 1 aliphatic heterocycles. The summed E-state index contributed by atoms with van der Waals surface area (Å²) < 4.78 is 0. The van der Waals surface area contributed by atoms with Gasteiger partial charge in [0.25, 0.3) is 0 Å². The molecule has 1 amide bonds. The van der Waals surface area contributed by atoms with Gasteiger partial charge in [-0.1, -0.05) is 0 Å². The fourth-order valence-electron chi connectivity index (χ4n) is 2.08. The Kier molecular flexibility index (Phi) is 5.41. The molecule has 5 nitrogen and oxygen atoms in total. The molecule has 0 aromatic rings. The number of aliphatic carboxylic acids is 1. The molecule has 1 aliphatic rings. The van der Waals surface area contributed by atoms with Crippen LogP contribution < -0.4 is 0 Å². The number of likely N-dealkylation sites (tertiary alicyclic amines) is 1. The number of carboxylic acids is 1. The van der Waals surface area contributed by atoms with Gasteiger partial charge < -0.3 is 10.0 Å². The molecule has 17 heavy (non-hydrogen) atoms. The SMILES string of the molecule is CCN(C)C(=O)CN1CCC(CC(=O)O)CC1. The molecule has 0 radical (unpaired) electrons. The lowest BCUT2D eigenvalue weighted by Crippen LogP contribution is -2.42. The molecule has 1 heterocycles. The van der Waals surface area contributed by atoms with E-state index in [9.17, 15) is 9.59 Å². The van der Waals surface area contributed by atoms with Crippen LogP contribution in [0.3, 0.4) is 0 Å². The number of rotatable bonds is 5. The van der Waals surface area contributed by atoms with Gasteiger partial charge in [0.2, 0.25) is 5.91 Å². The van der Waals surface area contributed by atoms with Crippen molar-refractivity contribution in [3.05, 3.63) is 0 Å². The summed E-state index contributed by atoms with van der Waals surface area (Å²) in [7, 11) is 1.81. The topological polar surface area (TPSA) is 60.9 Å². The van der Waals surface area contributed by atoms with Crippen molar-refractivity contribution in [2.75, 3.05) is 33.2 Å². The number of carboxylic acid groups (broad SMARTS) is 1. The molecule has 0 aliphatic carbocycles. The summed E-state index contributed by atoms with van der Waals surface area (Å²) >= 11 is 0. The second kappa shape index (κ2) is 6.59. The van der Waals surface area contributed by atoms with Crippen molar-refractivity contribution in [2.24, 2.45) is 5.92 Å². The van der Waals surface area contributed by atoms with Crippen LogP contribution in [0.4, 0.5) is 0 Å². The second-order valence-corrected chi connectivity index (χ2v) is 4.73. The third-order valence-electron chi connectivity index (χ3n) is 3.43. The van der Waals surface area contributed by atoms with Crippen molar-refractivity contribution in [3.8, 4) is 0 Å². The minimum atomic E-state index is -0.717. The van der Waals surface area contributed by atoms with E-state index in [-0.39, 0.29) is 18.2 Å². The normalized spacial score (nSPS) is 18.0. The lowest BCUT2D eigenvalue weighted by atomic mass is 9.94. The molecule has 98 valence electrons. The highest BCUT2D eigenvalue weighted by atomic mass is 16.4. The van der Waals surface area contributed by atoms with Crippen molar-refractivity contribution in [1.82, 2.24) is 9.80 Å². The molecule has 5 heteroatoms. The summed E-state index contributed by atoms with van der Waals surface area (Å²) in [6, 6.07) is 0. The van der Waals surface area contributed by atoms with Crippen molar-refractivity contribution >= 4 is 11.9 Å². The van der Waals surface area contributed by atoms with Crippen molar-refractivity contribution in [1.29, 1.82) is 0 Å². The van der Waals surface area contributed by atoms with Crippen LogP contribution >= 0.6 is 0 Å². The van der Waals surface area contributed by atoms with Gasteiger partial charge in [0.05, 0.1) is 6.54 Å². The maximum atomic E-state index is 11.7. The van der Waals surface area contributed by atoms with E-state index < -0.39 is 5.97 Å². The highest BCUT2D eigenvalue weighted by Crippen LogP contribution is 2.20. The van der Waals surface area contributed by atoms with E-state index in [1.807, 2.05) is 6.92 Å². The largest absolute Gasteiger partial charge is 0.481 e. The Hall–Kier alpha value is -1.10. The third kappa shape index (κ3) is 4.73. The zero-order valence-corrected chi connectivity index (χ0v) is 10.7. The van der Waals surface area contributed by atoms with E-state index in [4.69, 9.17) is 5.11 Å². The predicted octanol–water partition coefficient (Wildman–Crippen LogP) is 0.651. The Balaban J connectivity index is 2.27. The van der Waals surface area contributed by atoms with Crippen LogP contribution in [-0.4, -0.2) is 60.0 Å². The number of piperidine rings is 1. The fourth-order valence-corrected chi connectivity index (χ4v) is 2.08. The summed E-state index contributed by atoms with van der Waals surface area (Å²) in [5, 5.41) is 8.71. The molecule has 0 unspecified atom stereocenters. The fraction of sp³-hybridized carbons (Fsp3) is 0.833. The van der Waals surface area contributed by atoms with Crippen LogP contribution in [0, 0.1) is 5.92 Å². The van der Waals surface area contributed by atoms with Crippen LogP contribution in [0.25, 0.3) is 0 Å². The molecule has 0 spiro atoms. The maximum absolute atomic E-state index is 11.7. The number of amides is 1. The van der Waals surface area contributed by atoms with Gasteiger partial charge in [-0.25, -0.2) is 0 Å². The minimum Gasteiger partial charge on any atom is -0.481 e. The molecule has 0 saturated carbocycles. The monoisotopic (exact) mass is 242 g/mol. The first-order valence-corrected chi connectivity index (χ1v) is 6.21. The van der Waals surface area contributed by atoms with Gasteiger partial charge in [0.1, 0.15) is 0 Å². The molecule has 0 aromatic heterocycles. The van der Waals surface area contributed by atoms with E-state index in [0.717, 1.165) is 32.5 Å². The van der Waals surface area contributed by atoms with Crippen LogP contribution in [0.15, 0.2) is 0 Å². The second-order valence-electron chi connectivity index (χ2n) is 4.73. The summed E-state index contributed by atoms with van der Waals surface area (Å²) in [6.45, 7) is 4.82. The molecule has 0 atom stereocenters. The van der Waals surface area contributed by atoms with Crippen molar-refractivity contribution < 1.29 is 14.7 Å². The quantitative estimate of drug-likeness (QED) is 0.769. The first-order chi connectivity index (χ1) is 8.02. The first-order valence-electron chi connectivity index (χ1n) is 6.21. The highest BCUT2D eigenvalue weighted by Gasteiger charge is 2.23. The smallest absolute Gasteiger partial charge is 0.303 e. The van der Waals surface area contributed by atoms with Gasteiger partial charge >= 0.3 is 5.97 Å². The van der Waals surface area contributed by atoms with Crippen LogP contribution in [0.2, 0.25) is 0 Å². The Morgan fingerprint density at radius 3 is 2.41 bits per heavy atom. The van der Waals surface area contributed by atoms with E-state index in [1.54, 1.807) is 11.9 Å². The van der Waals surface area contributed by atoms with Gasteiger partial charge in [0.15, 0.2) is 0 Å². The molecule has 1 N–H and O–H groups in total. The van der Waals surface area contributed by atoms with Gasteiger partial charge in [-0.3, -0.25) is 14.5 Å². The van der Waals surface area contributed by atoms with Gasteiger partial charge in [-0.05, 0) is 38.8 Å². The van der Waals surface area contributed by atoms with Crippen LogP contribution in [-0.2, 0) is 9.59 Å². The summed E-state index contributed by atoms with van der Waals surface area (Å²) in [5.41, 5.74) is 0. The Bertz CT molecular complexity index is 273. The average Bonchev–Trinajstić information content (AvgIpc) is 2.30. The maximum Gasteiger partial charge on any atom is 0.303 e. The van der Waals surface area contributed by atoms with Crippen molar-refractivity contribution in [3.63, 3.8) is 0 Å². The lowest BCUT2D eigenvalue weighted by molar-refractivity contribution is -0.139. The Labute approximate surface area is 102 Å². The summed E-state index contributed by atoms with van der Waals surface area (Å²) in [6.07, 6.45) is 2.03. The summed E-state index contributed by atoms with van der Waals surface area (Å²) in [5.74, 6) is -0.294. The predicted molar refractivity (Wildman–Crippen MR) is 64.7 cm³/mol. The molecule has 1 rings (SSSR count). The number of nitrogens with zero attached hydrogens (tertiary/aromatic N) is 2. The lowest BCUT2D eigenvalue weighted by Gasteiger charge is -2.31. The van der Waals surface area contributed by atoms with E-state index in [2.05, 4.69) is 4.90 Å². The van der Waals surface area contributed by atoms with Gasteiger partial charge in [-0.2, -0.15) is 0 Å². The highest BCUT2D eigenvalue weighted by molar-refractivity contribution is 5.77. The van der Waals surface area contributed by atoms with Gasteiger partial charge in [0, 0.05) is 20.0 Å². The standard InChI is InChI=1S/C12H22N2O3/c1-3-13(2)11(15)9-14-6-4-10(5-7-14)8-12(16)17/h10H,3-9H2,1-2H3,(H,16,17). The van der Waals surface area contributed by atoms with Crippen LogP contribution in [0.1, 0.15) is 26.2 Å². The zero-order chi connectivity index (χ0) is 12.8. The summed E-state index contributed by atoms with van der Waals surface area (Å²) in [4.78, 5) is 26.1. The Morgan fingerprint density at radius 1 is 1.35 bits per heavy atom. The molecule has 1 fully saturated rings. The number of carbonyl (C=O) groups excluding carboxylic acids is 1. The van der Waals surface area contributed by atoms with E-state index >= 15 is 0 Å². The van der Waals surface area contributed by atoms with Crippen LogP contribution in [0.5, 0.6) is 0 Å². The molecule has 0 aromatic carbocycles. The third-order valence-corrected chi connectivity index (χ3v) is 3.43. The first kappa shape index (κ1) is 14.0. The number of hydrogen-bond donors (Lipinski definition) is 1.